The van der Waals surface area contributed by atoms with Crippen molar-refractivity contribution in [3.8, 4) is 11.5 Å². The number of methoxy groups -OCH3 is 1. The highest BCUT2D eigenvalue weighted by atomic mass is 79.9. The average molecular weight is 589 g/mol. The lowest BCUT2D eigenvalue weighted by Gasteiger charge is -2.29. The Morgan fingerprint density at radius 2 is 1.87 bits per heavy atom. The number of aryl methyl sites for hydroxylation is 3. The lowest BCUT2D eigenvalue weighted by Crippen LogP contribution is -2.31. The molecule has 0 bridgehead atoms. The zero-order valence-electron chi connectivity index (χ0n) is 22.5. The van der Waals surface area contributed by atoms with Crippen molar-refractivity contribution in [2.24, 2.45) is 0 Å². The molecule has 0 spiro atoms. The lowest BCUT2D eigenvalue weighted by atomic mass is 9.94. The largest absolute Gasteiger partial charge is 0.493 e. The normalized spacial score (nSPS) is 14.5. The molecule has 2 N–H and O–H groups in total. The van der Waals surface area contributed by atoms with E-state index in [1.165, 1.54) is 6.33 Å². The Morgan fingerprint density at radius 3 is 2.62 bits per heavy atom. The lowest BCUT2D eigenvalue weighted by molar-refractivity contribution is -0.113. The van der Waals surface area contributed by atoms with E-state index in [1.807, 2.05) is 69.3 Å². The first-order valence-electron chi connectivity index (χ1n) is 12.6. The maximum absolute atomic E-state index is 13.8. The summed E-state index contributed by atoms with van der Waals surface area (Å²) < 4.78 is 14.4. The van der Waals surface area contributed by atoms with E-state index in [2.05, 4.69) is 49.6 Å². The van der Waals surface area contributed by atoms with Gasteiger partial charge in [0.15, 0.2) is 11.5 Å². The second-order valence-electron chi connectivity index (χ2n) is 9.62. The Balaban J connectivity index is 1.52. The average Bonchev–Trinajstić information content (AvgIpc) is 3.37. The van der Waals surface area contributed by atoms with Crippen LogP contribution in [0.4, 0.5) is 11.6 Å². The number of ether oxygens (including phenoxy) is 2. The number of anilines is 2. The quantitative estimate of drug-likeness (QED) is 0.257. The number of hydrogen-bond acceptors (Lipinski definition) is 6. The highest BCUT2D eigenvalue weighted by molar-refractivity contribution is 9.10. The summed E-state index contributed by atoms with van der Waals surface area (Å²) in [5.74, 6) is 1.45. The van der Waals surface area contributed by atoms with Gasteiger partial charge in [-0.3, -0.25) is 4.79 Å². The highest BCUT2D eigenvalue weighted by Crippen LogP contribution is 2.43. The number of halogens is 1. The van der Waals surface area contributed by atoms with Gasteiger partial charge in [0.25, 0.3) is 5.91 Å². The van der Waals surface area contributed by atoms with Crippen LogP contribution in [0, 0.1) is 20.8 Å². The number of carbonyl (C=O) groups is 1. The second-order valence-corrected chi connectivity index (χ2v) is 10.5. The monoisotopic (exact) mass is 587 g/mol. The molecule has 0 saturated carbocycles. The molecule has 1 aromatic heterocycles. The number of carbonyl (C=O) groups excluding carboxylic acids is 1. The Morgan fingerprint density at radius 1 is 1.08 bits per heavy atom. The van der Waals surface area contributed by atoms with Crippen LogP contribution in [-0.2, 0) is 11.4 Å². The summed E-state index contributed by atoms with van der Waals surface area (Å²) in [7, 11) is 1.60. The first-order valence-corrected chi connectivity index (χ1v) is 13.4. The van der Waals surface area contributed by atoms with Crippen molar-refractivity contribution < 1.29 is 14.3 Å². The molecule has 1 amide bonds. The number of nitrogens with one attached hydrogen (secondary N) is 2. The van der Waals surface area contributed by atoms with Crippen LogP contribution in [0.3, 0.4) is 0 Å². The van der Waals surface area contributed by atoms with Crippen LogP contribution in [0.1, 0.15) is 40.8 Å². The fourth-order valence-corrected chi connectivity index (χ4v) is 5.37. The molecule has 200 valence electrons. The third kappa shape index (κ3) is 5.27. The molecule has 3 aromatic carbocycles. The minimum Gasteiger partial charge on any atom is -0.493 e. The predicted molar refractivity (Wildman–Crippen MR) is 155 cm³/mol. The van der Waals surface area contributed by atoms with Gasteiger partial charge in [-0.15, -0.1) is 0 Å². The number of allylic oxidation sites excluding steroid dienone is 1. The first-order chi connectivity index (χ1) is 18.8. The van der Waals surface area contributed by atoms with E-state index >= 15 is 0 Å². The standard InChI is InChI=1S/C30H30BrN5O3/c1-17-10-11-24(19(3)12-17)35-29(37)26-20(4)34-30-32-16-33-36(30)27(26)22-13-23(31)28(25(14-22)38-5)39-15-21-9-7-6-8-18(21)2/h6-14,16,27H,15H2,1-5H3,(H,35,37)(H,32,33,34). The smallest absolute Gasteiger partial charge is 0.255 e. The summed E-state index contributed by atoms with van der Waals surface area (Å²) in [5, 5.41) is 10.8. The van der Waals surface area contributed by atoms with Gasteiger partial charge in [0.2, 0.25) is 5.95 Å². The number of fused-ring (bicyclic) bond motifs is 1. The maximum atomic E-state index is 13.8. The van der Waals surface area contributed by atoms with Gasteiger partial charge in [-0.2, -0.15) is 10.1 Å². The third-order valence-corrected chi connectivity index (χ3v) is 7.46. The number of nitrogens with zero attached hydrogens (tertiary/aromatic N) is 3. The van der Waals surface area contributed by atoms with E-state index in [0.29, 0.717) is 39.8 Å². The van der Waals surface area contributed by atoms with E-state index in [9.17, 15) is 4.79 Å². The van der Waals surface area contributed by atoms with Crippen molar-refractivity contribution in [2.75, 3.05) is 17.7 Å². The van der Waals surface area contributed by atoms with Crippen LogP contribution in [-0.4, -0.2) is 27.8 Å². The van der Waals surface area contributed by atoms with Crippen molar-refractivity contribution in [3.05, 3.63) is 104 Å². The summed E-state index contributed by atoms with van der Waals surface area (Å²) in [4.78, 5) is 18.1. The van der Waals surface area contributed by atoms with Gasteiger partial charge in [0.1, 0.15) is 19.0 Å². The van der Waals surface area contributed by atoms with E-state index in [0.717, 1.165) is 33.5 Å². The number of benzene rings is 3. The van der Waals surface area contributed by atoms with Gasteiger partial charge < -0.3 is 20.1 Å². The number of rotatable bonds is 7. The number of hydrogen-bond donors (Lipinski definition) is 2. The minimum atomic E-state index is -0.551. The van der Waals surface area contributed by atoms with E-state index in [4.69, 9.17) is 9.47 Å². The van der Waals surface area contributed by atoms with Crippen molar-refractivity contribution in [1.82, 2.24) is 14.8 Å². The van der Waals surface area contributed by atoms with Crippen molar-refractivity contribution in [2.45, 2.75) is 40.3 Å². The molecule has 0 radical (unpaired) electrons. The van der Waals surface area contributed by atoms with Crippen LogP contribution < -0.4 is 20.1 Å². The van der Waals surface area contributed by atoms with E-state index < -0.39 is 6.04 Å². The topological polar surface area (TPSA) is 90.3 Å². The molecule has 9 heteroatoms. The van der Waals surface area contributed by atoms with Crippen LogP contribution in [0.15, 0.2) is 76.7 Å². The van der Waals surface area contributed by atoms with Crippen LogP contribution in [0.2, 0.25) is 0 Å². The third-order valence-electron chi connectivity index (χ3n) is 6.87. The highest BCUT2D eigenvalue weighted by Gasteiger charge is 2.34. The summed E-state index contributed by atoms with van der Waals surface area (Å²) in [6, 6.07) is 17.3. The van der Waals surface area contributed by atoms with Crippen molar-refractivity contribution >= 4 is 33.5 Å². The maximum Gasteiger partial charge on any atom is 0.255 e. The molecule has 1 unspecified atom stereocenters. The Bertz CT molecular complexity index is 1590. The number of amides is 1. The van der Waals surface area contributed by atoms with Crippen molar-refractivity contribution in [3.63, 3.8) is 0 Å². The van der Waals surface area contributed by atoms with Gasteiger partial charge in [0, 0.05) is 11.4 Å². The minimum absolute atomic E-state index is 0.229. The summed E-state index contributed by atoms with van der Waals surface area (Å²) >= 11 is 3.69. The molecule has 4 aromatic rings. The Labute approximate surface area is 236 Å². The van der Waals surface area contributed by atoms with E-state index in [1.54, 1.807) is 11.8 Å². The molecule has 0 fully saturated rings. The summed E-state index contributed by atoms with van der Waals surface area (Å²) in [6.07, 6.45) is 1.47. The molecular weight excluding hydrogens is 558 g/mol. The molecule has 1 aliphatic heterocycles. The summed E-state index contributed by atoms with van der Waals surface area (Å²) in [6.45, 7) is 8.32. The SMILES string of the molecule is COc1cc(C2C(C(=O)Nc3ccc(C)cc3C)=C(C)Nc3ncnn32)cc(Br)c1OCc1ccccc1C. The van der Waals surface area contributed by atoms with Gasteiger partial charge >= 0.3 is 0 Å². The molecule has 5 rings (SSSR count). The second kappa shape index (κ2) is 10.9. The van der Waals surface area contributed by atoms with E-state index in [-0.39, 0.29) is 5.91 Å². The summed E-state index contributed by atoms with van der Waals surface area (Å²) in [5.41, 5.74) is 7.12. The molecule has 8 nitrogen and oxygen atoms in total. The van der Waals surface area contributed by atoms with Gasteiger partial charge in [-0.25, -0.2) is 4.68 Å². The molecule has 2 heterocycles. The molecule has 1 aliphatic rings. The fourth-order valence-electron chi connectivity index (χ4n) is 4.80. The van der Waals surface area contributed by atoms with Crippen LogP contribution in [0.5, 0.6) is 11.5 Å². The Kier molecular flexibility index (Phi) is 7.43. The zero-order valence-corrected chi connectivity index (χ0v) is 24.1. The molecule has 39 heavy (non-hydrogen) atoms. The molecule has 0 aliphatic carbocycles. The molecule has 0 saturated heterocycles. The molecular formula is C30H30BrN5O3. The Hall–Kier alpha value is -4.11. The van der Waals surface area contributed by atoms with Crippen LogP contribution >= 0.6 is 15.9 Å². The fraction of sp³-hybridized carbons (Fsp3) is 0.233. The van der Waals surface area contributed by atoms with Gasteiger partial charge in [-0.1, -0.05) is 42.0 Å². The van der Waals surface area contributed by atoms with Crippen molar-refractivity contribution in [1.29, 1.82) is 0 Å². The van der Waals surface area contributed by atoms with Gasteiger partial charge in [-0.05, 0) is 84.1 Å². The number of aromatic nitrogens is 3. The van der Waals surface area contributed by atoms with Crippen LogP contribution in [0.25, 0.3) is 0 Å². The zero-order chi connectivity index (χ0) is 27.7. The predicted octanol–water partition coefficient (Wildman–Crippen LogP) is 6.48. The first kappa shape index (κ1) is 26.5. The molecule has 1 atom stereocenters. The van der Waals surface area contributed by atoms with Gasteiger partial charge in [0.05, 0.1) is 17.2 Å².